The highest BCUT2D eigenvalue weighted by atomic mass is 16.5. The van der Waals surface area contributed by atoms with Crippen molar-refractivity contribution in [3.8, 4) is 11.5 Å². The highest BCUT2D eigenvalue weighted by molar-refractivity contribution is 5.48. The third kappa shape index (κ3) is 5.39. The zero-order valence-corrected chi connectivity index (χ0v) is 12.9. The lowest BCUT2D eigenvalue weighted by Crippen LogP contribution is -2.12. The molecule has 0 atom stereocenters. The Kier molecular flexibility index (Phi) is 6.82. The van der Waals surface area contributed by atoms with Crippen LogP contribution in [-0.4, -0.2) is 38.6 Å². The normalized spacial score (nSPS) is 11.6. The van der Waals surface area contributed by atoms with E-state index in [1.54, 1.807) is 13.2 Å². The largest absolute Gasteiger partial charge is 0.504 e. The van der Waals surface area contributed by atoms with Crippen molar-refractivity contribution in [2.24, 2.45) is 0 Å². The van der Waals surface area contributed by atoms with E-state index in [2.05, 4.69) is 20.8 Å². The summed E-state index contributed by atoms with van der Waals surface area (Å²) in [6.07, 6.45) is 0.781. The highest BCUT2D eigenvalue weighted by Crippen LogP contribution is 2.37. The topological polar surface area (TPSA) is 47.9 Å². The quantitative estimate of drug-likeness (QED) is 0.744. The predicted octanol–water partition coefficient (Wildman–Crippen LogP) is 3.12. The molecule has 0 aliphatic rings. The molecule has 1 N–H and O–H groups in total. The van der Waals surface area contributed by atoms with Crippen LogP contribution < -0.4 is 4.74 Å². The minimum Gasteiger partial charge on any atom is -0.504 e. The van der Waals surface area contributed by atoms with Crippen LogP contribution in [0, 0.1) is 0 Å². The number of para-hydroxylation sites is 1. The van der Waals surface area contributed by atoms with Gasteiger partial charge in [0, 0.05) is 25.7 Å². The number of benzene rings is 1. The van der Waals surface area contributed by atoms with E-state index in [-0.39, 0.29) is 11.2 Å². The molecule has 0 radical (unpaired) electrons. The molecule has 4 nitrogen and oxygen atoms in total. The first-order chi connectivity index (χ1) is 9.46. The summed E-state index contributed by atoms with van der Waals surface area (Å²) in [5.41, 5.74) is 0.790. The molecule has 1 aromatic carbocycles. The number of ether oxygens (including phenoxy) is 3. The Labute approximate surface area is 121 Å². The second-order valence-corrected chi connectivity index (χ2v) is 5.71. The van der Waals surface area contributed by atoms with E-state index >= 15 is 0 Å². The summed E-state index contributed by atoms with van der Waals surface area (Å²) in [4.78, 5) is 0. The first-order valence-electron chi connectivity index (χ1n) is 6.98. The van der Waals surface area contributed by atoms with Gasteiger partial charge >= 0.3 is 0 Å². The van der Waals surface area contributed by atoms with Crippen LogP contribution in [0.5, 0.6) is 11.5 Å². The van der Waals surface area contributed by atoms with E-state index in [0.717, 1.165) is 12.0 Å². The lowest BCUT2D eigenvalue weighted by molar-refractivity contribution is 0.0643. The van der Waals surface area contributed by atoms with Crippen LogP contribution in [0.4, 0.5) is 0 Å². The number of rotatable bonds is 8. The molecule has 0 bridgehead atoms. The molecule has 0 saturated carbocycles. The Morgan fingerprint density at radius 1 is 1.05 bits per heavy atom. The van der Waals surface area contributed by atoms with Gasteiger partial charge in [-0.2, -0.15) is 0 Å². The van der Waals surface area contributed by atoms with Gasteiger partial charge in [-0.05, 0) is 11.5 Å². The fourth-order valence-electron chi connectivity index (χ4n) is 1.83. The molecule has 0 aliphatic heterocycles. The average Bonchev–Trinajstić information content (AvgIpc) is 2.38. The standard InChI is InChI=1S/C16H26O4/c1-16(2,3)13-7-5-8-14(15(13)17)20-10-6-9-19-12-11-18-4/h5,7-8,17H,6,9-12H2,1-4H3. The van der Waals surface area contributed by atoms with E-state index < -0.39 is 0 Å². The van der Waals surface area contributed by atoms with Crippen LogP contribution in [-0.2, 0) is 14.9 Å². The van der Waals surface area contributed by atoms with Gasteiger partial charge in [-0.25, -0.2) is 0 Å². The van der Waals surface area contributed by atoms with Crippen molar-refractivity contribution in [2.75, 3.05) is 33.5 Å². The molecule has 1 aromatic rings. The molecule has 0 spiro atoms. The third-order valence-electron chi connectivity index (χ3n) is 2.93. The number of hydrogen-bond acceptors (Lipinski definition) is 4. The van der Waals surface area contributed by atoms with Crippen molar-refractivity contribution >= 4 is 0 Å². The maximum absolute atomic E-state index is 10.2. The van der Waals surface area contributed by atoms with E-state index in [1.807, 2.05) is 12.1 Å². The Morgan fingerprint density at radius 3 is 2.45 bits per heavy atom. The number of methoxy groups -OCH3 is 1. The van der Waals surface area contributed by atoms with Crippen LogP contribution in [0.2, 0.25) is 0 Å². The summed E-state index contributed by atoms with van der Waals surface area (Å²) in [6, 6.07) is 5.62. The van der Waals surface area contributed by atoms with Gasteiger partial charge in [0.2, 0.25) is 0 Å². The molecule has 0 saturated heterocycles. The molecule has 0 fully saturated rings. The molecule has 4 heteroatoms. The third-order valence-corrected chi connectivity index (χ3v) is 2.93. The zero-order chi connectivity index (χ0) is 15.0. The van der Waals surface area contributed by atoms with Gasteiger partial charge in [0.1, 0.15) is 0 Å². The fourth-order valence-corrected chi connectivity index (χ4v) is 1.83. The molecule has 0 aromatic heterocycles. The van der Waals surface area contributed by atoms with Crippen LogP contribution >= 0.6 is 0 Å². The second kappa shape index (κ2) is 8.12. The van der Waals surface area contributed by atoms with Gasteiger partial charge in [-0.3, -0.25) is 0 Å². The van der Waals surface area contributed by atoms with Gasteiger partial charge in [0.05, 0.1) is 19.8 Å². The molecule has 1 rings (SSSR count). The summed E-state index contributed by atoms with van der Waals surface area (Å²) >= 11 is 0. The second-order valence-electron chi connectivity index (χ2n) is 5.71. The Morgan fingerprint density at radius 2 is 1.80 bits per heavy atom. The van der Waals surface area contributed by atoms with E-state index in [9.17, 15) is 5.11 Å². The average molecular weight is 282 g/mol. The fraction of sp³-hybridized carbons (Fsp3) is 0.625. The number of phenols is 1. The summed E-state index contributed by atoms with van der Waals surface area (Å²) in [7, 11) is 1.65. The number of aromatic hydroxyl groups is 1. The first-order valence-corrected chi connectivity index (χ1v) is 6.98. The van der Waals surface area contributed by atoms with Gasteiger partial charge in [-0.15, -0.1) is 0 Å². The maximum atomic E-state index is 10.2. The van der Waals surface area contributed by atoms with Gasteiger partial charge in [0.15, 0.2) is 11.5 Å². The SMILES string of the molecule is COCCOCCCOc1cccc(C(C)(C)C)c1O. The molecule has 114 valence electrons. The highest BCUT2D eigenvalue weighted by Gasteiger charge is 2.20. The van der Waals surface area contributed by atoms with Crippen LogP contribution in [0.1, 0.15) is 32.8 Å². The van der Waals surface area contributed by atoms with Gasteiger partial charge in [-0.1, -0.05) is 32.9 Å². The Bertz CT molecular complexity index is 396. The Hall–Kier alpha value is -1.26. The van der Waals surface area contributed by atoms with E-state index in [4.69, 9.17) is 14.2 Å². The van der Waals surface area contributed by atoms with Crippen LogP contribution in [0.25, 0.3) is 0 Å². The number of hydrogen-bond donors (Lipinski definition) is 1. The van der Waals surface area contributed by atoms with Crippen molar-refractivity contribution in [3.05, 3.63) is 23.8 Å². The molecule has 0 unspecified atom stereocenters. The zero-order valence-electron chi connectivity index (χ0n) is 12.9. The van der Waals surface area contributed by atoms with Crippen molar-refractivity contribution in [3.63, 3.8) is 0 Å². The minimum absolute atomic E-state index is 0.104. The van der Waals surface area contributed by atoms with Crippen molar-refractivity contribution in [1.82, 2.24) is 0 Å². The van der Waals surface area contributed by atoms with Crippen LogP contribution in [0.15, 0.2) is 18.2 Å². The lowest BCUT2D eigenvalue weighted by atomic mass is 9.86. The van der Waals surface area contributed by atoms with Gasteiger partial charge < -0.3 is 19.3 Å². The Balaban J connectivity index is 2.41. The molecule has 0 aliphatic carbocycles. The first kappa shape index (κ1) is 16.8. The smallest absolute Gasteiger partial charge is 0.161 e. The van der Waals surface area contributed by atoms with Gasteiger partial charge in [0.25, 0.3) is 0 Å². The van der Waals surface area contributed by atoms with Crippen LogP contribution in [0.3, 0.4) is 0 Å². The summed E-state index contributed by atoms with van der Waals surface area (Å²) in [6.45, 7) is 8.55. The minimum atomic E-state index is -0.104. The molecule has 0 heterocycles. The van der Waals surface area contributed by atoms with Crippen molar-refractivity contribution < 1.29 is 19.3 Å². The van der Waals surface area contributed by atoms with E-state index in [0.29, 0.717) is 32.2 Å². The van der Waals surface area contributed by atoms with Crippen molar-refractivity contribution in [2.45, 2.75) is 32.6 Å². The summed E-state index contributed by atoms with van der Waals surface area (Å²) < 4.78 is 15.9. The summed E-state index contributed by atoms with van der Waals surface area (Å²) in [5, 5.41) is 10.2. The molecule has 20 heavy (non-hydrogen) atoms. The molecule has 0 amide bonds. The monoisotopic (exact) mass is 282 g/mol. The molecular formula is C16H26O4. The van der Waals surface area contributed by atoms with Crippen molar-refractivity contribution in [1.29, 1.82) is 0 Å². The number of phenolic OH excluding ortho intramolecular Hbond substituents is 1. The maximum Gasteiger partial charge on any atom is 0.161 e. The molecular weight excluding hydrogens is 256 g/mol. The lowest BCUT2D eigenvalue weighted by Gasteiger charge is -2.21. The summed E-state index contributed by atoms with van der Waals surface area (Å²) in [5.74, 6) is 0.773. The predicted molar refractivity (Wildman–Crippen MR) is 79.6 cm³/mol. The van der Waals surface area contributed by atoms with E-state index in [1.165, 1.54) is 0 Å².